The number of nitrogens with zero attached hydrogens (tertiary/aromatic N) is 1. The number of aliphatic hydroxyl groups excluding tert-OH is 1. The molecule has 0 bridgehead atoms. The number of aliphatic imine (C=N–C) groups is 1. The maximum Gasteiger partial charge on any atom is 0.251 e. The predicted molar refractivity (Wildman–Crippen MR) is 148 cm³/mol. The third-order valence-corrected chi connectivity index (χ3v) is 6.94. The Morgan fingerprint density at radius 1 is 0.972 bits per heavy atom. The maximum atomic E-state index is 13.5. The van der Waals surface area contributed by atoms with Gasteiger partial charge in [-0.25, -0.2) is 4.99 Å². The van der Waals surface area contributed by atoms with E-state index in [0.717, 1.165) is 32.1 Å². The van der Waals surface area contributed by atoms with E-state index in [0.29, 0.717) is 37.6 Å². The number of carbonyl (C=O) groups excluding carboxylic acids is 1. The van der Waals surface area contributed by atoms with Crippen molar-refractivity contribution in [2.45, 2.75) is 24.8 Å². The summed E-state index contributed by atoms with van der Waals surface area (Å²) in [6, 6.07) is 23.4. The number of hydrogen-bond donors (Lipinski definition) is 2. The normalized spacial score (nSPS) is 16.8. The molecule has 0 radical (unpaired) electrons. The van der Waals surface area contributed by atoms with E-state index in [1.807, 2.05) is 72.8 Å². The first-order chi connectivity index (χ1) is 17.5. The maximum absolute atomic E-state index is 13.5. The molecule has 0 saturated heterocycles. The molecule has 6 nitrogen and oxygen atoms in total. The van der Waals surface area contributed by atoms with Gasteiger partial charge in [-0.05, 0) is 66.1 Å². The molecule has 0 aromatic heterocycles. The fourth-order valence-corrected chi connectivity index (χ4v) is 4.43. The zero-order valence-electron chi connectivity index (χ0n) is 19.8. The van der Waals surface area contributed by atoms with Crippen molar-refractivity contribution in [2.24, 2.45) is 4.99 Å². The van der Waals surface area contributed by atoms with Crippen molar-refractivity contribution in [2.75, 3.05) is 26.4 Å². The Kier molecular flexibility index (Phi) is 9.18. The molecule has 1 aliphatic rings. The van der Waals surface area contributed by atoms with Gasteiger partial charge < -0.3 is 19.9 Å². The molecule has 3 aromatic carbocycles. The number of ether oxygens (including phenoxy) is 2. The van der Waals surface area contributed by atoms with Crippen LogP contribution in [0.1, 0.15) is 23.1 Å². The van der Waals surface area contributed by atoms with E-state index in [1.165, 1.54) is 0 Å². The molecule has 0 spiro atoms. The second-order valence-electron chi connectivity index (χ2n) is 8.62. The summed E-state index contributed by atoms with van der Waals surface area (Å²) < 4.78 is 13.6. The average molecular weight is 616 g/mol. The Morgan fingerprint density at radius 3 is 2.25 bits per heavy atom. The van der Waals surface area contributed by atoms with Gasteiger partial charge in [-0.15, -0.1) is 0 Å². The monoisotopic (exact) mass is 614 g/mol. The number of benzene rings is 3. The summed E-state index contributed by atoms with van der Waals surface area (Å²) in [5.41, 5.74) is 1.88. The van der Waals surface area contributed by atoms with Gasteiger partial charge in [-0.2, -0.15) is 0 Å². The van der Waals surface area contributed by atoms with E-state index in [1.54, 1.807) is 0 Å². The zero-order chi connectivity index (χ0) is 25.4. The third kappa shape index (κ3) is 6.96. The van der Waals surface area contributed by atoms with Gasteiger partial charge in [0, 0.05) is 40.5 Å². The molecule has 1 aliphatic heterocycles. The van der Waals surface area contributed by atoms with Gasteiger partial charge in [-0.3, -0.25) is 4.79 Å². The number of aliphatic hydroxyl groups is 1. The Bertz CT molecular complexity index is 1180. The van der Waals surface area contributed by atoms with Crippen LogP contribution in [0.5, 0.6) is 5.75 Å². The minimum Gasteiger partial charge on any atom is -0.494 e. The van der Waals surface area contributed by atoms with Crippen molar-refractivity contribution in [3.63, 3.8) is 0 Å². The van der Waals surface area contributed by atoms with Crippen LogP contribution in [-0.4, -0.2) is 48.8 Å². The van der Waals surface area contributed by atoms with E-state index in [-0.39, 0.29) is 19.1 Å². The molecule has 0 aliphatic carbocycles. The standard InChI is InChI=1S/C28H28Br2N2O4/c29-23-8-2-20(3-9-23)14-15-31-27(34)28(18-21-4-10-24(30)11-5-21)19-36-26(32-28)22-6-12-25(13-7-22)35-17-1-16-33/h2-13,33H,1,14-19H2,(H,31,34)/t28-/m1/s1. The number of halogens is 2. The molecule has 0 unspecified atom stereocenters. The van der Waals surface area contributed by atoms with Crippen LogP contribution in [0.4, 0.5) is 0 Å². The number of amides is 1. The molecule has 2 N–H and O–H groups in total. The summed E-state index contributed by atoms with van der Waals surface area (Å²) >= 11 is 6.92. The molecule has 0 fully saturated rings. The highest BCUT2D eigenvalue weighted by Crippen LogP contribution is 2.28. The number of rotatable bonds is 11. The molecule has 1 atom stereocenters. The van der Waals surface area contributed by atoms with Gasteiger partial charge in [0.25, 0.3) is 5.91 Å². The number of carbonyl (C=O) groups is 1. The SMILES string of the molecule is O=C(NCCc1ccc(Br)cc1)[C@@]1(Cc2ccc(Br)cc2)COC(c2ccc(OCCCO)cc2)=N1. The largest absolute Gasteiger partial charge is 0.494 e. The van der Waals surface area contributed by atoms with Crippen molar-refractivity contribution in [3.8, 4) is 5.75 Å². The lowest BCUT2D eigenvalue weighted by molar-refractivity contribution is -0.126. The Balaban J connectivity index is 1.50. The minimum absolute atomic E-state index is 0.0916. The van der Waals surface area contributed by atoms with Crippen LogP contribution in [0, 0.1) is 0 Å². The van der Waals surface area contributed by atoms with Gasteiger partial charge in [0.15, 0.2) is 5.54 Å². The molecule has 1 heterocycles. The molecular weight excluding hydrogens is 588 g/mol. The van der Waals surface area contributed by atoms with Gasteiger partial charge in [0.1, 0.15) is 12.4 Å². The van der Waals surface area contributed by atoms with Gasteiger partial charge in [-0.1, -0.05) is 56.1 Å². The van der Waals surface area contributed by atoms with Crippen molar-refractivity contribution in [1.29, 1.82) is 0 Å². The Morgan fingerprint density at radius 2 is 1.61 bits per heavy atom. The second kappa shape index (κ2) is 12.5. The fourth-order valence-electron chi connectivity index (χ4n) is 3.91. The van der Waals surface area contributed by atoms with Crippen LogP contribution in [-0.2, 0) is 22.4 Å². The van der Waals surface area contributed by atoms with Gasteiger partial charge >= 0.3 is 0 Å². The van der Waals surface area contributed by atoms with Crippen LogP contribution in [0.25, 0.3) is 0 Å². The first kappa shape index (κ1) is 26.4. The molecular formula is C28H28Br2N2O4. The van der Waals surface area contributed by atoms with E-state index in [9.17, 15) is 4.79 Å². The molecule has 8 heteroatoms. The van der Waals surface area contributed by atoms with E-state index >= 15 is 0 Å². The van der Waals surface area contributed by atoms with Crippen LogP contribution in [0.3, 0.4) is 0 Å². The highest BCUT2D eigenvalue weighted by atomic mass is 79.9. The van der Waals surface area contributed by atoms with Crippen molar-refractivity contribution in [3.05, 3.63) is 98.4 Å². The van der Waals surface area contributed by atoms with Crippen LogP contribution >= 0.6 is 31.9 Å². The van der Waals surface area contributed by atoms with Crippen LogP contribution in [0.15, 0.2) is 86.7 Å². The molecule has 36 heavy (non-hydrogen) atoms. The number of nitrogens with one attached hydrogen (secondary N) is 1. The first-order valence-corrected chi connectivity index (χ1v) is 13.4. The van der Waals surface area contributed by atoms with E-state index in [4.69, 9.17) is 19.6 Å². The van der Waals surface area contributed by atoms with Crippen LogP contribution < -0.4 is 10.1 Å². The molecule has 3 aromatic rings. The summed E-state index contributed by atoms with van der Waals surface area (Å²) in [6.45, 7) is 1.21. The summed E-state index contributed by atoms with van der Waals surface area (Å²) in [5.74, 6) is 0.996. The van der Waals surface area contributed by atoms with Gasteiger partial charge in [0.2, 0.25) is 5.90 Å². The van der Waals surface area contributed by atoms with Crippen molar-refractivity contribution >= 4 is 43.7 Å². The fraction of sp³-hybridized carbons (Fsp3) is 0.286. The molecule has 0 saturated carbocycles. The summed E-state index contributed by atoms with van der Waals surface area (Å²) in [4.78, 5) is 18.3. The molecule has 4 rings (SSSR count). The predicted octanol–water partition coefficient (Wildman–Crippen LogP) is 5.09. The summed E-state index contributed by atoms with van der Waals surface area (Å²) in [7, 11) is 0. The zero-order valence-corrected chi connectivity index (χ0v) is 22.9. The Labute approximate surface area is 228 Å². The number of hydrogen-bond acceptors (Lipinski definition) is 5. The summed E-state index contributed by atoms with van der Waals surface area (Å²) in [5, 5.41) is 12.0. The highest BCUT2D eigenvalue weighted by molar-refractivity contribution is 9.10. The van der Waals surface area contributed by atoms with Crippen molar-refractivity contribution < 1.29 is 19.4 Å². The van der Waals surface area contributed by atoms with Crippen molar-refractivity contribution in [1.82, 2.24) is 5.32 Å². The van der Waals surface area contributed by atoms with Crippen LogP contribution in [0.2, 0.25) is 0 Å². The van der Waals surface area contributed by atoms with E-state index in [2.05, 4.69) is 37.2 Å². The average Bonchev–Trinajstić information content (AvgIpc) is 3.32. The lowest BCUT2D eigenvalue weighted by atomic mass is 9.91. The van der Waals surface area contributed by atoms with Gasteiger partial charge in [0.05, 0.1) is 6.61 Å². The quantitative estimate of drug-likeness (QED) is 0.295. The second-order valence-corrected chi connectivity index (χ2v) is 10.5. The van der Waals surface area contributed by atoms with E-state index < -0.39 is 5.54 Å². The lowest BCUT2D eigenvalue weighted by Crippen LogP contribution is -2.48. The molecule has 188 valence electrons. The smallest absolute Gasteiger partial charge is 0.251 e. The third-order valence-electron chi connectivity index (χ3n) is 5.88. The molecule has 1 amide bonds. The minimum atomic E-state index is -1.06. The lowest BCUT2D eigenvalue weighted by Gasteiger charge is -2.23. The summed E-state index contributed by atoms with van der Waals surface area (Å²) in [6.07, 6.45) is 1.73. The Hall–Kier alpha value is -2.68. The topological polar surface area (TPSA) is 80.2 Å². The highest BCUT2D eigenvalue weighted by Gasteiger charge is 2.44. The first-order valence-electron chi connectivity index (χ1n) is 11.8.